The van der Waals surface area contributed by atoms with Crippen molar-refractivity contribution < 1.29 is 19.0 Å². The fraction of sp³-hybridized carbons (Fsp3) is 0.192. The van der Waals surface area contributed by atoms with E-state index in [1.54, 1.807) is 7.11 Å². The Labute approximate surface area is 208 Å². The molecule has 0 radical (unpaired) electrons. The van der Waals surface area contributed by atoms with E-state index in [1.807, 2.05) is 36.4 Å². The Bertz CT molecular complexity index is 1350. The number of nitrogens with one attached hydrogen (secondary N) is 1. The van der Waals surface area contributed by atoms with Gasteiger partial charge in [0.15, 0.2) is 11.5 Å². The third-order valence-electron chi connectivity index (χ3n) is 6.48. The third-order valence-corrected chi connectivity index (χ3v) is 7.57. The van der Waals surface area contributed by atoms with E-state index in [2.05, 4.69) is 55.4 Å². The van der Waals surface area contributed by atoms with Gasteiger partial charge < -0.3 is 19.5 Å². The second kappa shape index (κ2) is 7.92. The first-order chi connectivity index (χ1) is 16.0. The van der Waals surface area contributed by atoms with Crippen LogP contribution in [0.5, 0.6) is 17.2 Å². The molecule has 2 heterocycles. The largest absolute Gasteiger partial charge is 0.493 e. The number of carbonyl (C=O) groups excluding carboxylic acids is 1. The summed E-state index contributed by atoms with van der Waals surface area (Å²) >= 11 is 7.20. The van der Waals surface area contributed by atoms with E-state index in [1.165, 1.54) is 11.1 Å². The van der Waals surface area contributed by atoms with E-state index in [-0.39, 0.29) is 24.5 Å². The van der Waals surface area contributed by atoms with Crippen LogP contribution in [0.25, 0.3) is 6.08 Å². The van der Waals surface area contributed by atoms with E-state index in [4.69, 9.17) is 14.2 Å². The lowest BCUT2D eigenvalue weighted by atomic mass is 9.78. The summed E-state index contributed by atoms with van der Waals surface area (Å²) in [6.07, 6.45) is 2.88. The number of allylic oxidation sites excluding steroid dienone is 1. The normalized spacial score (nSPS) is 19.7. The molecule has 1 aliphatic carbocycles. The van der Waals surface area contributed by atoms with Crippen LogP contribution in [-0.4, -0.2) is 19.8 Å². The van der Waals surface area contributed by atoms with Gasteiger partial charge in [0.25, 0.3) is 0 Å². The summed E-state index contributed by atoms with van der Waals surface area (Å²) in [5.74, 6) is 1.61. The molecule has 3 aromatic carbocycles. The Morgan fingerprint density at radius 3 is 2.76 bits per heavy atom. The number of amides is 1. The lowest BCUT2D eigenvalue weighted by Gasteiger charge is -2.23. The fourth-order valence-corrected chi connectivity index (χ4v) is 6.49. The van der Waals surface area contributed by atoms with Crippen molar-refractivity contribution in [1.29, 1.82) is 0 Å². The summed E-state index contributed by atoms with van der Waals surface area (Å²) in [5, 5.41) is 3.10. The molecular weight excluding hydrogens is 550 g/mol. The summed E-state index contributed by atoms with van der Waals surface area (Å²) in [5.41, 5.74) is 6.40. The predicted molar refractivity (Wildman–Crippen MR) is 133 cm³/mol. The van der Waals surface area contributed by atoms with Crippen LogP contribution >= 0.6 is 31.9 Å². The Morgan fingerprint density at radius 2 is 1.91 bits per heavy atom. The highest BCUT2D eigenvalue weighted by atomic mass is 79.9. The standard InChI is InChI=1S/C26H19Br2NO4/c1-31-20-7-13(8-21-25(20)33-12-32-21)6-15-9-14-4-2-3-5-17(14)22(15)23-18-10-16(27)11-19(28)24(18)29-26(23)30/h2-5,7-11,22-23H,6,12H2,1H3,(H,29,30). The van der Waals surface area contributed by atoms with Crippen molar-refractivity contribution in [3.63, 3.8) is 0 Å². The number of ether oxygens (including phenoxy) is 3. The highest BCUT2D eigenvalue weighted by molar-refractivity contribution is 9.11. The third kappa shape index (κ3) is 3.37. The van der Waals surface area contributed by atoms with Gasteiger partial charge in [-0.05, 0) is 68.9 Å². The van der Waals surface area contributed by atoms with Crippen LogP contribution in [0.2, 0.25) is 0 Å². The molecule has 33 heavy (non-hydrogen) atoms. The van der Waals surface area contributed by atoms with Crippen molar-refractivity contribution in [2.75, 3.05) is 19.2 Å². The lowest BCUT2D eigenvalue weighted by Crippen LogP contribution is -2.20. The van der Waals surface area contributed by atoms with E-state index in [9.17, 15) is 4.79 Å². The molecule has 0 spiro atoms. The first-order valence-electron chi connectivity index (χ1n) is 10.6. The number of rotatable bonds is 4. The molecule has 5 nitrogen and oxygen atoms in total. The first kappa shape index (κ1) is 20.8. The zero-order chi connectivity index (χ0) is 22.7. The molecule has 1 N–H and O–H groups in total. The molecule has 0 saturated heterocycles. The number of methoxy groups -OCH3 is 1. The molecule has 6 rings (SSSR count). The van der Waals surface area contributed by atoms with Crippen LogP contribution in [0.3, 0.4) is 0 Å². The number of carbonyl (C=O) groups is 1. The summed E-state index contributed by atoms with van der Waals surface area (Å²) in [4.78, 5) is 13.3. The van der Waals surface area contributed by atoms with Gasteiger partial charge in [0, 0.05) is 14.9 Å². The van der Waals surface area contributed by atoms with E-state index >= 15 is 0 Å². The zero-order valence-corrected chi connectivity index (χ0v) is 20.8. The minimum Gasteiger partial charge on any atom is -0.493 e. The maximum Gasteiger partial charge on any atom is 0.232 e. The summed E-state index contributed by atoms with van der Waals surface area (Å²) < 4.78 is 18.5. The maximum absolute atomic E-state index is 13.3. The fourth-order valence-electron chi connectivity index (χ4n) is 5.13. The quantitative estimate of drug-likeness (QED) is 0.395. The van der Waals surface area contributed by atoms with Gasteiger partial charge in [0.1, 0.15) is 0 Å². The highest BCUT2D eigenvalue weighted by Crippen LogP contribution is 2.53. The van der Waals surface area contributed by atoms with Crippen molar-refractivity contribution >= 4 is 49.5 Å². The smallest absolute Gasteiger partial charge is 0.232 e. The number of halogens is 2. The molecule has 3 aliphatic rings. The van der Waals surface area contributed by atoms with Crippen LogP contribution in [0.4, 0.5) is 5.69 Å². The second-order valence-electron chi connectivity index (χ2n) is 8.35. The van der Waals surface area contributed by atoms with Gasteiger partial charge in [-0.15, -0.1) is 0 Å². The Kier molecular flexibility index (Phi) is 4.99. The average molecular weight is 569 g/mol. The molecule has 3 aromatic rings. The van der Waals surface area contributed by atoms with Gasteiger partial charge in [-0.25, -0.2) is 0 Å². The number of benzene rings is 3. The predicted octanol–water partition coefficient (Wildman–Crippen LogP) is 6.41. The van der Waals surface area contributed by atoms with E-state index in [0.29, 0.717) is 23.7 Å². The molecule has 0 bridgehead atoms. The number of fused-ring (bicyclic) bond motifs is 3. The maximum atomic E-state index is 13.3. The summed E-state index contributed by atoms with van der Waals surface area (Å²) in [6, 6.07) is 16.3. The Balaban J connectivity index is 1.44. The molecule has 1 amide bonds. The number of anilines is 1. The van der Waals surface area contributed by atoms with Gasteiger partial charge in [-0.2, -0.15) is 0 Å². The molecule has 2 atom stereocenters. The molecule has 166 valence electrons. The van der Waals surface area contributed by atoms with Crippen molar-refractivity contribution in [3.05, 3.63) is 85.3 Å². The minimum absolute atomic E-state index is 0.0136. The second-order valence-corrected chi connectivity index (χ2v) is 10.1. The van der Waals surface area contributed by atoms with Gasteiger partial charge in [0.2, 0.25) is 18.4 Å². The van der Waals surface area contributed by atoms with Crippen LogP contribution in [0.1, 0.15) is 34.1 Å². The van der Waals surface area contributed by atoms with Crippen molar-refractivity contribution in [2.24, 2.45) is 0 Å². The van der Waals surface area contributed by atoms with Crippen molar-refractivity contribution in [3.8, 4) is 17.2 Å². The van der Waals surface area contributed by atoms with Crippen LogP contribution in [0.15, 0.2) is 63.0 Å². The van der Waals surface area contributed by atoms with Crippen molar-refractivity contribution in [2.45, 2.75) is 18.3 Å². The lowest BCUT2D eigenvalue weighted by molar-refractivity contribution is -0.117. The molecule has 7 heteroatoms. The molecule has 2 unspecified atom stereocenters. The molecule has 0 saturated carbocycles. The molecule has 0 fully saturated rings. The van der Waals surface area contributed by atoms with E-state index in [0.717, 1.165) is 31.3 Å². The zero-order valence-electron chi connectivity index (χ0n) is 17.7. The number of hydrogen-bond donors (Lipinski definition) is 1. The minimum atomic E-state index is -0.320. The highest BCUT2D eigenvalue weighted by Gasteiger charge is 2.43. The Morgan fingerprint density at radius 1 is 1.06 bits per heavy atom. The first-order valence-corrected chi connectivity index (χ1v) is 12.2. The number of hydrogen-bond acceptors (Lipinski definition) is 4. The van der Waals surface area contributed by atoms with Crippen LogP contribution in [0, 0.1) is 0 Å². The van der Waals surface area contributed by atoms with Gasteiger partial charge in [-0.1, -0.05) is 51.8 Å². The SMILES string of the molecule is COc1cc(CC2=Cc3ccccc3C2C2C(=O)Nc3c(Br)cc(Br)cc32)cc2c1OCO2. The summed E-state index contributed by atoms with van der Waals surface area (Å²) in [7, 11) is 1.63. The average Bonchev–Trinajstić information content (AvgIpc) is 3.48. The van der Waals surface area contributed by atoms with Gasteiger partial charge in [0.05, 0.1) is 18.7 Å². The van der Waals surface area contributed by atoms with Crippen LogP contribution in [-0.2, 0) is 11.2 Å². The van der Waals surface area contributed by atoms with Gasteiger partial charge in [-0.3, -0.25) is 4.79 Å². The van der Waals surface area contributed by atoms with Crippen molar-refractivity contribution in [1.82, 2.24) is 0 Å². The van der Waals surface area contributed by atoms with Gasteiger partial charge >= 0.3 is 0 Å². The Hall–Kier alpha value is -2.77. The molecule has 0 aromatic heterocycles. The van der Waals surface area contributed by atoms with Crippen LogP contribution < -0.4 is 19.5 Å². The monoisotopic (exact) mass is 567 g/mol. The summed E-state index contributed by atoms with van der Waals surface area (Å²) in [6.45, 7) is 0.189. The van der Waals surface area contributed by atoms with E-state index < -0.39 is 0 Å². The molecule has 2 aliphatic heterocycles. The molecular formula is C26H19Br2NO4. The topological polar surface area (TPSA) is 56.8 Å².